The third-order valence-corrected chi connectivity index (χ3v) is 2.31. The van der Waals surface area contributed by atoms with Crippen molar-refractivity contribution in [3.63, 3.8) is 0 Å². The first-order valence-corrected chi connectivity index (χ1v) is 4.24. The van der Waals surface area contributed by atoms with Gasteiger partial charge in [-0.2, -0.15) is 0 Å². The smallest absolute Gasteiger partial charge is 0.0460 e. The molecule has 70 valence electrons. The predicted molar refractivity (Wildman–Crippen MR) is 60.8 cm³/mol. The second-order valence-corrected chi connectivity index (χ2v) is 3.14. The van der Waals surface area contributed by atoms with Crippen LogP contribution in [0.25, 0.3) is 21.7 Å². The van der Waals surface area contributed by atoms with Crippen molar-refractivity contribution in [1.82, 2.24) is 9.97 Å². The van der Waals surface area contributed by atoms with E-state index in [1.165, 1.54) is 21.7 Å². The lowest BCUT2D eigenvalue weighted by atomic mass is 10.1. The van der Waals surface area contributed by atoms with Crippen LogP contribution in [0.1, 0.15) is 0 Å². The van der Waals surface area contributed by atoms with Crippen LogP contribution >= 0.6 is 12.4 Å². The fraction of sp³-hybridized carbons (Fsp3) is 0. The molecule has 0 saturated heterocycles. The Bertz CT molecular complexity index is 522. The molecule has 14 heavy (non-hydrogen) atoms. The van der Waals surface area contributed by atoms with E-state index < -0.39 is 0 Å². The van der Waals surface area contributed by atoms with Crippen molar-refractivity contribution in [2.24, 2.45) is 0 Å². The zero-order chi connectivity index (χ0) is 8.67. The number of aromatic nitrogens is 2. The van der Waals surface area contributed by atoms with Gasteiger partial charge in [0, 0.05) is 34.9 Å². The van der Waals surface area contributed by atoms with Crippen molar-refractivity contribution < 1.29 is 0 Å². The number of rotatable bonds is 0. The molecule has 0 unspecified atom stereocenters. The SMILES string of the molecule is Cl.c1cc2cc3[nH]ccc3cc2cn1. The van der Waals surface area contributed by atoms with E-state index in [0.717, 1.165) is 0 Å². The van der Waals surface area contributed by atoms with Gasteiger partial charge < -0.3 is 4.98 Å². The molecule has 0 spiro atoms. The van der Waals surface area contributed by atoms with E-state index in [4.69, 9.17) is 0 Å². The minimum Gasteiger partial charge on any atom is -0.361 e. The molecule has 0 fully saturated rings. The zero-order valence-corrected chi connectivity index (χ0v) is 8.21. The van der Waals surface area contributed by atoms with E-state index in [0.29, 0.717) is 0 Å². The number of H-pyrrole nitrogens is 1. The number of halogens is 1. The van der Waals surface area contributed by atoms with Gasteiger partial charge >= 0.3 is 0 Å². The molecule has 3 aromatic rings. The lowest BCUT2D eigenvalue weighted by molar-refractivity contribution is 1.37. The van der Waals surface area contributed by atoms with E-state index in [9.17, 15) is 0 Å². The number of benzene rings is 1. The van der Waals surface area contributed by atoms with Crippen LogP contribution in [0, 0.1) is 0 Å². The monoisotopic (exact) mass is 204 g/mol. The maximum absolute atomic E-state index is 4.09. The Morgan fingerprint density at radius 2 is 1.93 bits per heavy atom. The highest BCUT2D eigenvalue weighted by atomic mass is 35.5. The zero-order valence-electron chi connectivity index (χ0n) is 7.40. The molecule has 1 aromatic carbocycles. The van der Waals surface area contributed by atoms with Gasteiger partial charge in [0.25, 0.3) is 0 Å². The van der Waals surface area contributed by atoms with Gasteiger partial charge in [-0.05, 0) is 29.7 Å². The molecule has 0 amide bonds. The topological polar surface area (TPSA) is 28.7 Å². The summed E-state index contributed by atoms with van der Waals surface area (Å²) in [5.74, 6) is 0. The highest BCUT2D eigenvalue weighted by Crippen LogP contribution is 2.20. The summed E-state index contributed by atoms with van der Waals surface area (Å²) in [6.07, 6.45) is 5.66. The second kappa shape index (κ2) is 3.31. The van der Waals surface area contributed by atoms with Crippen LogP contribution in [0.2, 0.25) is 0 Å². The maximum atomic E-state index is 4.09. The molecule has 1 N–H and O–H groups in total. The highest BCUT2D eigenvalue weighted by molar-refractivity contribution is 5.96. The molecule has 0 aliphatic heterocycles. The predicted octanol–water partition coefficient (Wildman–Crippen LogP) is 3.14. The van der Waals surface area contributed by atoms with E-state index in [-0.39, 0.29) is 12.4 Å². The number of hydrogen-bond donors (Lipinski definition) is 1. The van der Waals surface area contributed by atoms with Crippen molar-refractivity contribution in [3.05, 3.63) is 42.9 Å². The summed E-state index contributed by atoms with van der Waals surface area (Å²) in [5.41, 5.74) is 1.18. The molecule has 2 nitrogen and oxygen atoms in total. The van der Waals surface area contributed by atoms with Gasteiger partial charge in [0.05, 0.1) is 0 Å². The summed E-state index contributed by atoms with van der Waals surface area (Å²) in [5, 5.41) is 3.65. The molecule has 0 atom stereocenters. The van der Waals surface area contributed by atoms with E-state index in [1.807, 2.05) is 24.7 Å². The average molecular weight is 205 g/mol. The lowest BCUT2D eigenvalue weighted by Crippen LogP contribution is -1.75. The van der Waals surface area contributed by atoms with Crippen molar-refractivity contribution in [2.45, 2.75) is 0 Å². The molecular weight excluding hydrogens is 196 g/mol. The van der Waals surface area contributed by atoms with Crippen molar-refractivity contribution >= 4 is 34.1 Å². The van der Waals surface area contributed by atoms with E-state index in [2.05, 4.69) is 28.2 Å². The number of aromatic amines is 1. The summed E-state index contributed by atoms with van der Waals surface area (Å²) < 4.78 is 0. The number of nitrogens with zero attached hydrogens (tertiary/aromatic N) is 1. The first-order chi connectivity index (χ1) is 6.43. The van der Waals surface area contributed by atoms with Gasteiger partial charge in [-0.3, -0.25) is 4.98 Å². The van der Waals surface area contributed by atoms with Crippen LogP contribution in [-0.4, -0.2) is 9.97 Å². The molecule has 0 saturated carbocycles. The Hall–Kier alpha value is -1.54. The molecule has 3 rings (SSSR count). The molecular formula is C11H9ClN2. The summed E-state index contributed by atoms with van der Waals surface area (Å²) in [6, 6.07) is 8.39. The fourth-order valence-corrected chi connectivity index (χ4v) is 1.64. The normalized spacial score (nSPS) is 10.3. The van der Waals surface area contributed by atoms with Gasteiger partial charge in [-0.25, -0.2) is 0 Å². The fourth-order valence-electron chi connectivity index (χ4n) is 1.64. The molecule has 0 aliphatic carbocycles. The minimum atomic E-state index is 0. The van der Waals surface area contributed by atoms with Gasteiger partial charge in [0.15, 0.2) is 0 Å². The Morgan fingerprint density at radius 1 is 1.00 bits per heavy atom. The third-order valence-electron chi connectivity index (χ3n) is 2.31. The quantitative estimate of drug-likeness (QED) is 0.599. The Labute approximate surface area is 87.4 Å². The summed E-state index contributed by atoms with van der Waals surface area (Å²) >= 11 is 0. The lowest BCUT2D eigenvalue weighted by Gasteiger charge is -1.96. The van der Waals surface area contributed by atoms with Crippen molar-refractivity contribution in [2.75, 3.05) is 0 Å². The molecule has 0 bridgehead atoms. The van der Waals surface area contributed by atoms with Crippen LogP contribution in [0.5, 0.6) is 0 Å². The van der Waals surface area contributed by atoms with E-state index >= 15 is 0 Å². The Kier molecular flexibility index (Phi) is 2.14. The minimum absolute atomic E-state index is 0. The third kappa shape index (κ3) is 1.24. The summed E-state index contributed by atoms with van der Waals surface area (Å²) in [4.78, 5) is 7.29. The molecule has 0 radical (unpaired) electrons. The molecule has 2 heterocycles. The number of nitrogens with one attached hydrogen (secondary N) is 1. The van der Waals surface area contributed by atoms with Gasteiger partial charge in [0.1, 0.15) is 0 Å². The van der Waals surface area contributed by atoms with Crippen molar-refractivity contribution in [3.8, 4) is 0 Å². The number of fused-ring (bicyclic) bond motifs is 2. The van der Waals surface area contributed by atoms with Crippen LogP contribution in [0.15, 0.2) is 42.9 Å². The number of pyridine rings is 1. The largest absolute Gasteiger partial charge is 0.361 e. The first kappa shape index (κ1) is 9.03. The second-order valence-electron chi connectivity index (χ2n) is 3.14. The summed E-state index contributed by atoms with van der Waals surface area (Å²) in [7, 11) is 0. The van der Waals surface area contributed by atoms with E-state index in [1.54, 1.807) is 0 Å². The van der Waals surface area contributed by atoms with Gasteiger partial charge in [-0.1, -0.05) is 0 Å². The first-order valence-electron chi connectivity index (χ1n) is 4.24. The number of hydrogen-bond acceptors (Lipinski definition) is 1. The Morgan fingerprint density at radius 3 is 2.86 bits per heavy atom. The molecule has 3 heteroatoms. The highest BCUT2D eigenvalue weighted by Gasteiger charge is 1.96. The molecule has 2 aromatic heterocycles. The van der Waals surface area contributed by atoms with Gasteiger partial charge in [0.2, 0.25) is 0 Å². The molecule has 0 aliphatic rings. The Balaban J connectivity index is 0.000000750. The van der Waals surface area contributed by atoms with Crippen LogP contribution < -0.4 is 0 Å². The van der Waals surface area contributed by atoms with Gasteiger partial charge in [-0.15, -0.1) is 12.4 Å². The van der Waals surface area contributed by atoms with Crippen molar-refractivity contribution in [1.29, 1.82) is 0 Å². The van der Waals surface area contributed by atoms with Crippen LogP contribution in [0.4, 0.5) is 0 Å². The average Bonchev–Trinajstić information content (AvgIpc) is 2.61. The van der Waals surface area contributed by atoms with Crippen LogP contribution in [-0.2, 0) is 0 Å². The standard InChI is InChI=1S/C11H8N2.ClH/c1-3-12-7-10-5-9-2-4-13-11(9)6-8(1)10;/h1-7,13H;1H. The summed E-state index contributed by atoms with van der Waals surface area (Å²) in [6.45, 7) is 0. The maximum Gasteiger partial charge on any atom is 0.0460 e. The van der Waals surface area contributed by atoms with Crippen LogP contribution in [0.3, 0.4) is 0 Å².